The van der Waals surface area contributed by atoms with Gasteiger partial charge in [0.05, 0.1) is 29.2 Å². The number of morpholine rings is 1. The van der Waals surface area contributed by atoms with E-state index in [1.807, 2.05) is 30.3 Å². The van der Waals surface area contributed by atoms with Gasteiger partial charge in [-0.2, -0.15) is 0 Å². The minimum Gasteiger partial charge on any atom is -0.378 e. The van der Waals surface area contributed by atoms with E-state index in [0.29, 0.717) is 34.5 Å². The van der Waals surface area contributed by atoms with Crippen molar-refractivity contribution >= 4 is 42.7 Å². The van der Waals surface area contributed by atoms with Gasteiger partial charge in [0.15, 0.2) is 5.65 Å². The molecule has 2 aromatic heterocycles. The van der Waals surface area contributed by atoms with Gasteiger partial charge in [-0.05, 0) is 51.8 Å². The highest BCUT2D eigenvalue weighted by molar-refractivity contribution is 9.10. The zero-order valence-corrected chi connectivity index (χ0v) is 18.9. The first-order chi connectivity index (χ1) is 15.1. The lowest BCUT2D eigenvalue weighted by Gasteiger charge is -2.28. The van der Waals surface area contributed by atoms with Gasteiger partial charge in [0, 0.05) is 18.8 Å². The van der Waals surface area contributed by atoms with E-state index in [4.69, 9.17) is 4.74 Å². The van der Waals surface area contributed by atoms with E-state index in [9.17, 15) is 8.42 Å². The minimum absolute atomic E-state index is 0.202. The average Bonchev–Trinajstić information content (AvgIpc) is 3.22. The smallest absolute Gasteiger partial charge is 0.269 e. The van der Waals surface area contributed by atoms with Crippen LogP contribution in [0.2, 0.25) is 0 Å². The molecule has 0 N–H and O–H groups in total. The number of rotatable bonds is 4. The Labute approximate surface area is 188 Å². The van der Waals surface area contributed by atoms with Crippen molar-refractivity contribution in [2.75, 3.05) is 31.2 Å². The topological polar surface area (TPSA) is 77.3 Å². The summed E-state index contributed by atoms with van der Waals surface area (Å²) in [6.07, 6.45) is 1.36. The fraction of sp³-hybridized carbons (Fsp3) is 0.182. The Bertz CT molecular complexity index is 1330. The maximum absolute atomic E-state index is 13.6. The molecular weight excluding hydrogens is 480 g/mol. The fourth-order valence-electron chi connectivity index (χ4n) is 3.77. The van der Waals surface area contributed by atoms with E-state index in [1.165, 1.54) is 10.3 Å². The maximum atomic E-state index is 13.6. The Morgan fingerprint density at radius 3 is 2.35 bits per heavy atom. The lowest BCUT2D eigenvalue weighted by Crippen LogP contribution is -2.36. The summed E-state index contributed by atoms with van der Waals surface area (Å²) in [5.41, 5.74) is 2.73. The summed E-state index contributed by atoms with van der Waals surface area (Å²) in [5.74, 6) is 0. The van der Waals surface area contributed by atoms with Crippen molar-refractivity contribution < 1.29 is 13.2 Å². The van der Waals surface area contributed by atoms with E-state index >= 15 is 0 Å². The van der Waals surface area contributed by atoms with Crippen molar-refractivity contribution in [3.8, 4) is 11.3 Å². The Morgan fingerprint density at radius 1 is 0.935 bits per heavy atom. The Balaban J connectivity index is 1.67. The SMILES string of the molecule is O=S(=O)(c1ccccc1)n1c(-c2ccc(N3CCOCC3)cc2)cc2c(Br)ncnc21. The van der Waals surface area contributed by atoms with Crippen LogP contribution in [0.15, 0.2) is 76.5 Å². The number of anilines is 1. The van der Waals surface area contributed by atoms with Gasteiger partial charge in [0.2, 0.25) is 0 Å². The molecule has 7 nitrogen and oxygen atoms in total. The van der Waals surface area contributed by atoms with Crippen LogP contribution in [-0.4, -0.2) is 48.7 Å². The highest BCUT2D eigenvalue weighted by Gasteiger charge is 2.26. The number of ether oxygens (including phenoxy) is 1. The first-order valence-corrected chi connectivity index (χ1v) is 12.0. The van der Waals surface area contributed by atoms with Gasteiger partial charge in [0.1, 0.15) is 10.9 Å². The zero-order chi connectivity index (χ0) is 21.4. The number of fused-ring (bicyclic) bond motifs is 1. The summed E-state index contributed by atoms with van der Waals surface area (Å²) < 4.78 is 34.5. The molecule has 0 radical (unpaired) electrons. The molecule has 1 aliphatic rings. The predicted molar refractivity (Wildman–Crippen MR) is 123 cm³/mol. The van der Waals surface area contributed by atoms with Gasteiger partial charge in [-0.1, -0.05) is 30.3 Å². The van der Waals surface area contributed by atoms with Crippen LogP contribution in [0.5, 0.6) is 0 Å². The molecule has 1 saturated heterocycles. The quantitative estimate of drug-likeness (QED) is 0.396. The van der Waals surface area contributed by atoms with Crippen LogP contribution >= 0.6 is 15.9 Å². The second-order valence-electron chi connectivity index (χ2n) is 7.16. The van der Waals surface area contributed by atoms with E-state index in [1.54, 1.807) is 30.3 Å². The van der Waals surface area contributed by atoms with Gasteiger partial charge in [0.25, 0.3) is 10.0 Å². The van der Waals surface area contributed by atoms with Crippen molar-refractivity contribution in [1.82, 2.24) is 13.9 Å². The molecule has 158 valence electrons. The summed E-state index contributed by atoms with van der Waals surface area (Å²) in [4.78, 5) is 10.9. The zero-order valence-electron chi connectivity index (χ0n) is 16.5. The van der Waals surface area contributed by atoms with E-state index in [-0.39, 0.29) is 4.90 Å². The van der Waals surface area contributed by atoms with Crippen molar-refractivity contribution in [2.24, 2.45) is 0 Å². The molecular formula is C22H19BrN4O3S. The Kier molecular flexibility index (Phi) is 5.25. The van der Waals surface area contributed by atoms with Crippen LogP contribution < -0.4 is 4.90 Å². The number of nitrogens with zero attached hydrogens (tertiary/aromatic N) is 4. The molecule has 0 amide bonds. The largest absolute Gasteiger partial charge is 0.378 e. The maximum Gasteiger partial charge on any atom is 0.269 e. The van der Waals surface area contributed by atoms with Crippen molar-refractivity contribution in [1.29, 1.82) is 0 Å². The van der Waals surface area contributed by atoms with Crippen LogP contribution in [0, 0.1) is 0 Å². The normalized spacial score (nSPS) is 14.8. The number of hydrogen-bond donors (Lipinski definition) is 0. The van der Waals surface area contributed by atoms with E-state index in [2.05, 4.69) is 30.8 Å². The molecule has 3 heterocycles. The third-order valence-electron chi connectivity index (χ3n) is 5.33. The molecule has 0 saturated carbocycles. The lowest BCUT2D eigenvalue weighted by molar-refractivity contribution is 0.122. The molecule has 4 aromatic rings. The number of benzene rings is 2. The van der Waals surface area contributed by atoms with Gasteiger partial charge in [-0.15, -0.1) is 0 Å². The minimum atomic E-state index is -3.87. The van der Waals surface area contributed by atoms with Crippen LogP contribution in [-0.2, 0) is 14.8 Å². The predicted octanol–water partition coefficient (Wildman–Crippen LogP) is 3.93. The highest BCUT2D eigenvalue weighted by atomic mass is 79.9. The molecule has 31 heavy (non-hydrogen) atoms. The van der Waals surface area contributed by atoms with Crippen molar-refractivity contribution in [3.63, 3.8) is 0 Å². The van der Waals surface area contributed by atoms with E-state index < -0.39 is 10.0 Å². The Morgan fingerprint density at radius 2 is 1.65 bits per heavy atom. The molecule has 0 bridgehead atoms. The molecule has 1 aliphatic heterocycles. The Hall–Kier alpha value is -2.75. The van der Waals surface area contributed by atoms with Crippen LogP contribution in [0.3, 0.4) is 0 Å². The number of aromatic nitrogens is 3. The highest BCUT2D eigenvalue weighted by Crippen LogP contribution is 2.34. The molecule has 2 aromatic carbocycles. The standard InChI is InChI=1S/C22H19BrN4O3S/c23-21-19-14-20(16-6-8-17(9-7-16)26-10-12-30-13-11-26)27(22(19)25-15-24-21)31(28,29)18-4-2-1-3-5-18/h1-9,14-15H,10-13H2. The summed E-state index contributed by atoms with van der Waals surface area (Å²) in [6, 6.07) is 18.1. The summed E-state index contributed by atoms with van der Waals surface area (Å²) in [7, 11) is -3.87. The van der Waals surface area contributed by atoms with E-state index in [0.717, 1.165) is 24.3 Å². The van der Waals surface area contributed by atoms with Crippen LogP contribution in [0.1, 0.15) is 0 Å². The molecule has 0 spiro atoms. The third-order valence-corrected chi connectivity index (χ3v) is 7.68. The summed E-state index contributed by atoms with van der Waals surface area (Å²) in [5, 5.41) is 0.634. The molecule has 5 rings (SSSR count). The fourth-order valence-corrected chi connectivity index (χ4v) is 5.65. The second kappa shape index (κ2) is 8.07. The summed E-state index contributed by atoms with van der Waals surface area (Å²) in [6.45, 7) is 3.09. The van der Waals surface area contributed by atoms with Crippen molar-refractivity contribution in [2.45, 2.75) is 4.90 Å². The average molecular weight is 499 g/mol. The molecule has 0 atom stereocenters. The third kappa shape index (κ3) is 3.62. The van der Waals surface area contributed by atoms with Crippen LogP contribution in [0.25, 0.3) is 22.3 Å². The molecule has 9 heteroatoms. The number of hydrogen-bond acceptors (Lipinski definition) is 6. The first kappa shape index (κ1) is 20.2. The monoisotopic (exact) mass is 498 g/mol. The van der Waals surface area contributed by atoms with Crippen LogP contribution in [0.4, 0.5) is 5.69 Å². The second-order valence-corrected chi connectivity index (χ2v) is 9.70. The lowest BCUT2D eigenvalue weighted by atomic mass is 10.1. The molecule has 0 unspecified atom stereocenters. The summed E-state index contributed by atoms with van der Waals surface area (Å²) >= 11 is 3.43. The van der Waals surface area contributed by atoms with Gasteiger partial charge >= 0.3 is 0 Å². The van der Waals surface area contributed by atoms with Gasteiger partial charge in [-0.25, -0.2) is 22.4 Å². The van der Waals surface area contributed by atoms with Gasteiger partial charge < -0.3 is 9.64 Å². The molecule has 0 aliphatic carbocycles. The first-order valence-electron chi connectivity index (χ1n) is 9.81. The number of halogens is 1. The van der Waals surface area contributed by atoms with Gasteiger partial charge in [-0.3, -0.25) is 0 Å². The molecule has 1 fully saturated rings. The van der Waals surface area contributed by atoms with Crippen molar-refractivity contribution in [3.05, 3.63) is 71.6 Å².